The molecular formula is C17H15Cl2NO4S. The zero-order chi connectivity index (χ0) is 18.4. The minimum absolute atomic E-state index is 0.0402. The van der Waals surface area contributed by atoms with Crippen molar-refractivity contribution in [3.63, 3.8) is 0 Å². The number of amides is 1. The molecule has 1 aromatic heterocycles. The van der Waals surface area contributed by atoms with Gasteiger partial charge in [-0.05, 0) is 29.8 Å². The molecule has 0 spiro atoms. The van der Waals surface area contributed by atoms with E-state index in [1.54, 1.807) is 30.3 Å². The van der Waals surface area contributed by atoms with Crippen molar-refractivity contribution in [2.24, 2.45) is 0 Å². The number of thiophene rings is 1. The molecule has 25 heavy (non-hydrogen) atoms. The zero-order valence-electron chi connectivity index (χ0n) is 13.3. The third kappa shape index (κ3) is 6.16. The Bertz CT molecular complexity index is 804. The van der Waals surface area contributed by atoms with Crippen molar-refractivity contribution >= 4 is 52.2 Å². The average Bonchev–Trinajstić information content (AvgIpc) is 3.02. The Morgan fingerprint density at radius 1 is 1.16 bits per heavy atom. The Balaban J connectivity index is 1.84. The standard InChI is InChI=1S/C17H15Cl2NO4S/c1-10(21)20-8-13-4-5-16(25-13)15(22)9-24-17(23)6-11-2-3-12(18)7-14(11)19/h2-5,7H,6,8-9H2,1H3,(H,20,21). The first-order valence-electron chi connectivity index (χ1n) is 7.31. The van der Waals surface area contributed by atoms with Crippen LogP contribution in [0.3, 0.4) is 0 Å². The van der Waals surface area contributed by atoms with E-state index < -0.39 is 5.97 Å². The number of halogens is 2. The van der Waals surface area contributed by atoms with Crippen molar-refractivity contribution in [2.75, 3.05) is 6.61 Å². The highest BCUT2D eigenvalue weighted by molar-refractivity contribution is 7.14. The van der Waals surface area contributed by atoms with Crippen LogP contribution in [0.15, 0.2) is 30.3 Å². The molecule has 1 heterocycles. The van der Waals surface area contributed by atoms with Crippen LogP contribution in [-0.4, -0.2) is 24.3 Å². The smallest absolute Gasteiger partial charge is 0.310 e. The number of Topliss-reactive ketones (excluding diaryl/α,β-unsaturated/α-hetero) is 1. The number of hydrogen-bond acceptors (Lipinski definition) is 5. The van der Waals surface area contributed by atoms with Gasteiger partial charge in [-0.15, -0.1) is 11.3 Å². The number of ether oxygens (including phenoxy) is 1. The molecule has 0 aliphatic rings. The Morgan fingerprint density at radius 3 is 2.60 bits per heavy atom. The van der Waals surface area contributed by atoms with Gasteiger partial charge < -0.3 is 10.1 Å². The summed E-state index contributed by atoms with van der Waals surface area (Å²) >= 11 is 13.0. The topological polar surface area (TPSA) is 72.5 Å². The maximum atomic E-state index is 12.1. The number of hydrogen-bond donors (Lipinski definition) is 1. The van der Waals surface area contributed by atoms with Crippen LogP contribution in [0.1, 0.15) is 27.0 Å². The maximum Gasteiger partial charge on any atom is 0.310 e. The van der Waals surface area contributed by atoms with Gasteiger partial charge in [0.25, 0.3) is 0 Å². The van der Waals surface area contributed by atoms with Crippen molar-refractivity contribution in [3.8, 4) is 0 Å². The summed E-state index contributed by atoms with van der Waals surface area (Å²) < 4.78 is 5.01. The van der Waals surface area contributed by atoms with Gasteiger partial charge >= 0.3 is 5.97 Å². The molecule has 1 aromatic carbocycles. The van der Waals surface area contributed by atoms with Crippen molar-refractivity contribution in [1.82, 2.24) is 5.32 Å². The Labute approximate surface area is 158 Å². The molecule has 132 valence electrons. The molecule has 1 N–H and O–H groups in total. The highest BCUT2D eigenvalue weighted by Crippen LogP contribution is 2.22. The third-order valence-corrected chi connectivity index (χ3v) is 4.88. The van der Waals surface area contributed by atoms with Crippen LogP contribution in [-0.2, 0) is 27.3 Å². The Kier molecular flexibility index (Phi) is 6.99. The van der Waals surface area contributed by atoms with Gasteiger partial charge in [0, 0.05) is 21.8 Å². The molecule has 0 fully saturated rings. The highest BCUT2D eigenvalue weighted by atomic mass is 35.5. The quantitative estimate of drug-likeness (QED) is 0.569. The molecule has 0 atom stereocenters. The fourth-order valence-electron chi connectivity index (χ4n) is 1.92. The lowest BCUT2D eigenvalue weighted by Gasteiger charge is -2.05. The van der Waals surface area contributed by atoms with Gasteiger partial charge in [0.15, 0.2) is 6.61 Å². The first-order valence-corrected chi connectivity index (χ1v) is 8.88. The highest BCUT2D eigenvalue weighted by Gasteiger charge is 2.14. The molecule has 0 radical (unpaired) electrons. The number of ketones is 1. The summed E-state index contributed by atoms with van der Waals surface area (Å²) in [7, 11) is 0. The van der Waals surface area contributed by atoms with Crippen molar-refractivity contribution in [3.05, 3.63) is 55.7 Å². The van der Waals surface area contributed by atoms with E-state index in [2.05, 4.69) is 5.32 Å². The van der Waals surface area contributed by atoms with Crippen LogP contribution < -0.4 is 5.32 Å². The molecule has 0 saturated carbocycles. The number of carbonyl (C=O) groups excluding carboxylic acids is 3. The summed E-state index contributed by atoms with van der Waals surface area (Å²) in [5.74, 6) is -0.988. The second kappa shape index (κ2) is 8.99. The fraction of sp³-hybridized carbons (Fsp3) is 0.235. The van der Waals surface area contributed by atoms with Gasteiger partial charge in [0.05, 0.1) is 17.8 Å². The van der Waals surface area contributed by atoms with Gasteiger partial charge in [-0.25, -0.2) is 0 Å². The van der Waals surface area contributed by atoms with Crippen molar-refractivity contribution in [2.45, 2.75) is 19.9 Å². The van der Waals surface area contributed by atoms with Gasteiger partial charge in [0.1, 0.15) is 0 Å². The van der Waals surface area contributed by atoms with Crippen LogP contribution in [0.5, 0.6) is 0 Å². The van der Waals surface area contributed by atoms with Gasteiger partial charge in [-0.3, -0.25) is 14.4 Å². The largest absolute Gasteiger partial charge is 0.457 e. The van der Waals surface area contributed by atoms with Crippen LogP contribution in [0.4, 0.5) is 0 Å². The SMILES string of the molecule is CC(=O)NCc1ccc(C(=O)COC(=O)Cc2ccc(Cl)cc2Cl)s1. The number of rotatable bonds is 7. The lowest BCUT2D eigenvalue weighted by atomic mass is 10.1. The Morgan fingerprint density at radius 2 is 1.92 bits per heavy atom. The van der Waals surface area contributed by atoms with E-state index in [1.807, 2.05) is 0 Å². The minimum Gasteiger partial charge on any atom is -0.457 e. The normalized spacial score (nSPS) is 10.4. The summed E-state index contributed by atoms with van der Waals surface area (Å²) in [4.78, 5) is 36.1. The van der Waals surface area contributed by atoms with E-state index in [-0.39, 0.29) is 24.7 Å². The first kappa shape index (κ1) is 19.4. The second-order valence-corrected chi connectivity index (χ2v) is 7.18. The molecular weight excluding hydrogens is 385 g/mol. The zero-order valence-corrected chi connectivity index (χ0v) is 15.6. The molecule has 0 saturated heterocycles. The molecule has 0 unspecified atom stereocenters. The summed E-state index contributed by atoms with van der Waals surface area (Å²) in [5.41, 5.74) is 0.581. The van der Waals surface area contributed by atoms with Gasteiger partial charge in [0.2, 0.25) is 11.7 Å². The second-order valence-electron chi connectivity index (χ2n) is 5.17. The molecule has 2 aromatic rings. The fourth-order valence-corrected chi connectivity index (χ4v) is 3.27. The number of nitrogens with one attached hydrogen (secondary N) is 1. The van der Waals surface area contributed by atoms with E-state index in [0.717, 1.165) is 4.88 Å². The number of carbonyl (C=O) groups is 3. The molecule has 0 aliphatic heterocycles. The van der Waals surface area contributed by atoms with Crippen LogP contribution in [0.25, 0.3) is 0 Å². The molecule has 0 aliphatic carbocycles. The monoisotopic (exact) mass is 399 g/mol. The van der Waals surface area contributed by atoms with E-state index >= 15 is 0 Å². The summed E-state index contributed by atoms with van der Waals surface area (Å²) in [6.45, 7) is 1.44. The van der Waals surface area contributed by atoms with E-state index in [4.69, 9.17) is 27.9 Å². The maximum absolute atomic E-state index is 12.1. The lowest BCUT2D eigenvalue weighted by molar-refractivity contribution is -0.141. The van der Waals surface area contributed by atoms with Crippen LogP contribution in [0, 0.1) is 0 Å². The average molecular weight is 400 g/mol. The number of benzene rings is 1. The molecule has 1 amide bonds. The molecule has 8 heteroatoms. The molecule has 2 rings (SSSR count). The van der Waals surface area contributed by atoms with Crippen LogP contribution in [0.2, 0.25) is 10.0 Å². The van der Waals surface area contributed by atoms with Crippen molar-refractivity contribution in [1.29, 1.82) is 0 Å². The van der Waals surface area contributed by atoms with Crippen molar-refractivity contribution < 1.29 is 19.1 Å². The first-order chi connectivity index (χ1) is 11.8. The summed E-state index contributed by atoms with van der Waals surface area (Å²) in [5, 5.41) is 3.50. The van der Waals surface area contributed by atoms with E-state index in [9.17, 15) is 14.4 Å². The molecule has 5 nitrogen and oxygen atoms in total. The summed E-state index contributed by atoms with van der Waals surface area (Å²) in [6, 6.07) is 8.21. The predicted molar refractivity (Wildman–Crippen MR) is 97.3 cm³/mol. The minimum atomic E-state index is -0.549. The molecule has 0 bridgehead atoms. The number of esters is 1. The van der Waals surface area contributed by atoms with Crippen LogP contribution >= 0.6 is 34.5 Å². The van der Waals surface area contributed by atoms with E-state index in [0.29, 0.717) is 27.0 Å². The Hall–Kier alpha value is -1.89. The summed E-state index contributed by atoms with van der Waals surface area (Å²) in [6.07, 6.45) is -0.0402. The lowest BCUT2D eigenvalue weighted by Crippen LogP contribution is -2.18. The van der Waals surface area contributed by atoms with E-state index in [1.165, 1.54) is 18.3 Å². The van der Waals surface area contributed by atoms with Gasteiger partial charge in [-0.1, -0.05) is 29.3 Å². The predicted octanol–water partition coefficient (Wildman–Crippen LogP) is 3.66. The third-order valence-electron chi connectivity index (χ3n) is 3.16. The van der Waals surface area contributed by atoms with Gasteiger partial charge in [-0.2, -0.15) is 0 Å².